The molecule has 2 aliphatic rings. The molecule has 1 aromatic carbocycles. The first-order chi connectivity index (χ1) is 12.7. The second-order valence-corrected chi connectivity index (χ2v) is 7.35. The number of nitrogens with zero attached hydrogens (tertiary/aromatic N) is 2. The smallest absolute Gasteiger partial charge is 0.245 e. The number of carbonyl (C=O) groups excluding carboxylic acids is 2. The second kappa shape index (κ2) is 9.06. The number of piperidine rings is 1. The van der Waals surface area contributed by atoms with Crippen LogP contribution in [0.5, 0.6) is 5.75 Å². The van der Waals surface area contributed by atoms with Crippen molar-refractivity contribution >= 4 is 11.8 Å². The van der Waals surface area contributed by atoms with Crippen LogP contribution in [0.15, 0.2) is 24.3 Å². The molecule has 2 amide bonds. The summed E-state index contributed by atoms with van der Waals surface area (Å²) in [6, 6.07) is 7.66. The van der Waals surface area contributed by atoms with Gasteiger partial charge in [0.25, 0.3) is 0 Å². The monoisotopic (exact) mass is 358 g/mol. The summed E-state index contributed by atoms with van der Waals surface area (Å²) >= 11 is 0. The molecule has 142 valence electrons. The zero-order valence-electron chi connectivity index (χ0n) is 15.8. The molecular formula is C21H30N2O3. The first-order valence-electron chi connectivity index (χ1n) is 9.93. The number of hydrogen-bond acceptors (Lipinski definition) is 3. The van der Waals surface area contributed by atoms with Gasteiger partial charge in [-0.2, -0.15) is 0 Å². The molecule has 1 unspecified atom stereocenters. The van der Waals surface area contributed by atoms with Crippen molar-refractivity contribution in [3.8, 4) is 5.75 Å². The molecule has 5 nitrogen and oxygen atoms in total. The summed E-state index contributed by atoms with van der Waals surface area (Å²) in [5, 5.41) is 0. The quantitative estimate of drug-likeness (QED) is 0.734. The fourth-order valence-corrected chi connectivity index (χ4v) is 3.90. The third-order valence-corrected chi connectivity index (χ3v) is 5.41. The summed E-state index contributed by atoms with van der Waals surface area (Å²) in [7, 11) is 0. The van der Waals surface area contributed by atoms with Gasteiger partial charge in [-0.25, -0.2) is 0 Å². The van der Waals surface area contributed by atoms with Crippen LogP contribution in [-0.4, -0.2) is 53.9 Å². The van der Waals surface area contributed by atoms with Crippen LogP contribution in [0.1, 0.15) is 50.5 Å². The van der Waals surface area contributed by atoms with Gasteiger partial charge in [0.2, 0.25) is 11.8 Å². The van der Waals surface area contributed by atoms with Crippen molar-refractivity contribution in [2.75, 3.05) is 26.2 Å². The molecule has 0 aromatic heterocycles. The van der Waals surface area contributed by atoms with Crippen molar-refractivity contribution in [2.45, 2.75) is 57.9 Å². The Morgan fingerprint density at radius 1 is 1.08 bits per heavy atom. The molecular weight excluding hydrogens is 328 g/mol. The molecule has 2 saturated heterocycles. The van der Waals surface area contributed by atoms with Crippen molar-refractivity contribution in [1.29, 1.82) is 0 Å². The van der Waals surface area contributed by atoms with Crippen LogP contribution >= 0.6 is 0 Å². The van der Waals surface area contributed by atoms with Crippen molar-refractivity contribution in [3.05, 3.63) is 29.8 Å². The summed E-state index contributed by atoms with van der Waals surface area (Å²) in [5.41, 5.74) is 1.10. The number of rotatable bonds is 6. The van der Waals surface area contributed by atoms with Crippen molar-refractivity contribution < 1.29 is 14.3 Å². The molecule has 0 radical (unpaired) electrons. The van der Waals surface area contributed by atoms with E-state index in [2.05, 4.69) is 0 Å². The predicted octanol–water partition coefficient (Wildman–Crippen LogP) is 3.16. The summed E-state index contributed by atoms with van der Waals surface area (Å²) in [5.74, 6) is 1.13. The Bertz CT molecular complexity index is 625. The minimum absolute atomic E-state index is 0.0932. The van der Waals surface area contributed by atoms with E-state index in [0.29, 0.717) is 26.0 Å². The maximum absolute atomic E-state index is 12.8. The first kappa shape index (κ1) is 18.7. The highest BCUT2D eigenvalue weighted by atomic mass is 16.5. The number of likely N-dealkylation sites (tertiary alicyclic amines) is 2. The SMILES string of the molecule is Cc1ccccc1OCCCC(=O)N1CCCCC1C(=O)N1CCCC1. The molecule has 2 heterocycles. The molecule has 2 fully saturated rings. The zero-order valence-corrected chi connectivity index (χ0v) is 15.8. The molecule has 0 saturated carbocycles. The van der Waals surface area contributed by atoms with Crippen LogP contribution in [0.2, 0.25) is 0 Å². The average molecular weight is 358 g/mol. The van der Waals surface area contributed by atoms with Gasteiger partial charge in [0.15, 0.2) is 0 Å². The molecule has 0 spiro atoms. The lowest BCUT2D eigenvalue weighted by Gasteiger charge is -2.36. The predicted molar refractivity (Wildman–Crippen MR) is 101 cm³/mol. The number of benzene rings is 1. The maximum Gasteiger partial charge on any atom is 0.245 e. The Labute approximate surface area is 156 Å². The van der Waals surface area contributed by atoms with Gasteiger partial charge in [0, 0.05) is 26.1 Å². The van der Waals surface area contributed by atoms with E-state index < -0.39 is 0 Å². The third kappa shape index (κ3) is 4.57. The van der Waals surface area contributed by atoms with Crippen LogP contribution in [0.25, 0.3) is 0 Å². The number of ether oxygens (including phenoxy) is 1. The topological polar surface area (TPSA) is 49.9 Å². The van der Waals surface area contributed by atoms with Gasteiger partial charge in [0.1, 0.15) is 11.8 Å². The fraction of sp³-hybridized carbons (Fsp3) is 0.619. The number of amides is 2. The van der Waals surface area contributed by atoms with E-state index in [1.54, 1.807) is 0 Å². The largest absolute Gasteiger partial charge is 0.493 e. The van der Waals surface area contributed by atoms with Crippen LogP contribution < -0.4 is 4.74 Å². The Kier molecular flexibility index (Phi) is 6.53. The van der Waals surface area contributed by atoms with Crippen LogP contribution in [0.4, 0.5) is 0 Å². The summed E-state index contributed by atoms with van der Waals surface area (Å²) in [4.78, 5) is 29.3. The van der Waals surface area contributed by atoms with Crippen LogP contribution in [0.3, 0.4) is 0 Å². The molecule has 1 aromatic rings. The Balaban J connectivity index is 1.48. The molecule has 1 atom stereocenters. The van der Waals surface area contributed by atoms with E-state index in [0.717, 1.165) is 56.5 Å². The maximum atomic E-state index is 12.8. The lowest BCUT2D eigenvalue weighted by atomic mass is 10.00. The summed E-state index contributed by atoms with van der Waals surface area (Å²) < 4.78 is 5.78. The highest BCUT2D eigenvalue weighted by Crippen LogP contribution is 2.22. The van der Waals surface area contributed by atoms with E-state index in [1.807, 2.05) is 41.0 Å². The number of para-hydroxylation sites is 1. The molecule has 0 bridgehead atoms. The standard InChI is InChI=1S/C21H30N2O3/c1-17-9-2-3-11-19(17)26-16-8-12-20(24)23-15-5-4-10-18(23)21(25)22-13-6-7-14-22/h2-3,9,11,18H,4-8,10,12-16H2,1H3. The molecule has 0 aliphatic carbocycles. The Morgan fingerprint density at radius 2 is 1.81 bits per heavy atom. The first-order valence-corrected chi connectivity index (χ1v) is 9.93. The van der Waals surface area contributed by atoms with Gasteiger partial charge in [0.05, 0.1) is 6.61 Å². The van der Waals surface area contributed by atoms with Crippen LogP contribution in [-0.2, 0) is 9.59 Å². The number of hydrogen-bond donors (Lipinski definition) is 0. The van der Waals surface area contributed by atoms with Gasteiger partial charge >= 0.3 is 0 Å². The molecule has 0 N–H and O–H groups in total. The zero-order chi connectivity index (χ0) is 18.4. The average Bonchev–Trinajstić information content (AvgIpc) is 3.20. The highest BCUT2D eigenvalue weighted by molar-refractivity contribution is 5.88. The van der Waals surface area contributed by atoms with Gasteiger partial charge in [-0.3, -0.25) is 9.59 Å². The number of aryl methyl sites for hydroxylation is 1. The molecule has 3 rings (SSSR count). The minimum Gasteiger partial charge on any atom is -0.493 e. The van der Waals surface area contributed by atoms with Gasteiger partial charge < -0.3 is 14.5 Å². The Morgan fingerprint density at radius 3 is 2.58 bits per heavy atom. The van der Waals surface area contributed by atoms with E-state index in [4.69, 9.17) is 4.74 Å². The van der Waals surface area contributed by atoms with Gasteiger partial charge in [-0.15, -0.1) is 0 Å². The van der Waals surface area contributed by atoms with E-state index >= 15 is 0 Å². The van der Waals surface area contributed by atoms with Crippen LogP contribution in [0, 0.1) is 6.92 Å². The van der Waals surface area contributed by atoms with Crippen molar-refractivity contribution in [2.24, 2.45) is 0 Å². The number of carbonyl (C=O) groups is 2. The highest BCUT2D eigenvalue weighted by Gasteiger charge is 2.35. The third-order valence-electron chi connectivity index (χ3n) is 5.41. The van der Waals surface area contributed by atoms with Crippen molar-refractivity contribution in [1.82, 2.24) is 9.80 Å². The second-order valence-electron chi connectivity index (χ2n) is 7.35. The van der Waals surface area contributed by atoms with Gasteiger partial charge in [-0.05, 0) is 57.1 Å². The van der Waals surface area contributed by atoms with Gasteiger partial charge in [-0.1, -0.05) is 18.2 Å². The molecule has 26 heavy (non-hydrogen) atoms. The van der Waals surface area contributed by atoms with E-state index in [-0.39, 0.29) is 17.9 Å². The van der Waals surface area contributed by atoms with E-state index in [1.165, 1.54) is 0 Å². The summed E-state index contributed by atoms with van der Waals surface area (Å²) in [6.07, 6.45) is 6.12. The lowest BCUT2D eigenvalue weighted by Crippen LogP contribution is -2.52. The molecule has 2 aliphatic heterocycles. The summed E-state index contributed by atoms with van der Waals surface area (Å²) in [6.45, 7) is 4.95. The minimum atomic E-state index is -0.244. The van der Waals surface area contributed by atoms with E-state index in [9.17, 15) is 9.59 Å². The molecule has 5 heteroatoms. The van der Waals surface area contributed by atoms with Crippen molar-refractivity contribution in [3.63, 3.8) is 0 Å². The lowest BCUT2D eigenvalue weighted by molar-refractivity contribution is -0.147. The Hall–Kier alpha value is -2.04. The fourth-order valence-electron chi connectivity index (χ4n) is 3.90. The normalized spacial score (nSPS) is 20.3.